The largest absolute Gasteiger partial charge is 0.246 e. The third-order valence-electron chi connectivity index (χ3n) is 6.14. The molecule has 0 atom stereocenters. The first-order chi connectivity index (χ1) is 15.3. The van der Waals surface area contributed by atoms with Crippen LogP contribution in [0.15, 0.2) is 48.5 Å². The zero-order chi connectivity index (χ0) is 21.0. The van der Waals surface area contributed by atoms with Crippen LogP contribution in [0, 0.1) is 0 Å². The van der Waals surface area contributed by atoms with Gasteiger partial charge in [0.2, 0.25) is 0 Å². The number of nitrogens with one attached hydrogen (secondary N) is 1. The van der Waals surface area contributed by atoms with Crippen molar-refractivity contribution in [2.45, 2.75) is 57.9 Å². The Morgan fingerprint density at radius 3 is 2.45 bits per heavy atom. The van der Waals surface area contributed by atoms with Crippen LogP contribution in [0.1, 0.15) is 62.3 Å². The lowest BCUT2D eigenvalue weighted by atomic mass is 9.95. The van der Waals surface area contributed by atoms with E-state index in [-0.39, 0.29) is 0 Å². The lowest BCUT2D eigenvalue weighted by Gasteiger charge is -2.23. The van der Waals surface area contributed by atoms with Gasteiger partial charge in [-0.05, 0) is 40.0 Å². The van der Waals surface area contributed by atoms with Crippen molar-refractivity contribution in [3.63, 3.8) is 0 Å². The molecule has 158 valence electrons. The van der Waals surface area contributed by atoms with Gasteiger partial charge in [0.25, 0.3) is 0 Å². The summed E-state index contributed by atoms with van der Waals surface area (Å²) < 4.78 is 2.22. The maximum absolute atomic E-state index is 4.85. The third-order valence-corrected chi connectivity index (χ3v) is 6.14. The fraction of sp³-hybridized carbons (Fsp3) is 0.375. The summed E-state index contributed by atoms with van der Waals surface area (Å²) in [6.07, 6.45) is 8.03. The van der Waals surface area contributed by atoms with Crippen molar-refractivity contribution in [1.82, 2.24) is 35.4 Å². The Kier molecular flexibility index (Phi) is 5.56. The Labute approximate surface area is 181 Å². The van der Waals surface area contributed by atoms with Gasteiger partial charge in [0, 0.05) is 18.4 Å². The molecule has 2 aromatic heterocycles. The highest BCUT2D eigenvalue weighted by molar-refractivity contribution is 5.80. The quantitative estimate of drug-likeness (QED) is 0.491. The summed E-state index contributed by atoms with van der Waals surface area (Å²) in [5.41, 5.74) is 4.48. The molecular weight excluding hydrogens is 386 g/mol. The average Bonchev–Trinajstić information content (AvgIpc) is 3.51. The SMILES string of the molecule is CCc1nc(Cc2ccc(-c3ccccc3-c3nnn[nH]3)cc2)n(C2CCCCC2)n1. The van der Waals surface area contributed by atoms with Gasteiger partial charge in [-0.15, -0.1) is 5.10 Å². The monoisotopic (exact) mass is 413 g/mol. The van der Waals surface area contributed by atoms with Crippen molar-refractivity contribution in [3.05, 3.63) is 65.7 Å². The normalized spacial score (nSPS) is 14.7. The molecule has 2 aromatic carbocycles. The molecule has 0 aliphatic heterocycles. The molecule has 4 aromatic rings. The molecule has 1 fully saturated rings. The minimum Gasteiger partial charge on any atom is -0.246 e. The predicted octanol–water partition coefficient (Wildman–Crippen LogP) is 4.78. The minimum atomic E-state index is 0.498. The Balaban J connectivity index is 1.41. The van der Waals surface area contributed by atoms with Crippen molar-refractivity contribution < 1.29 is 0 Å². The number of hydrogen-bond donors (Lipinski definition) is 1. The second kappa shape index (κ2) is 8.79. The average molecular weight is 414 g/mol. The number of tetrazole rings is 1. The van der Waals surface area contributed by atoms with Crippen molar-refractivity contribution >= 4 is 0 Å². The molecular formula is C24H27N7. The number of benzene rings is 2. The number of aromatic amines is 1. The molecule has 0 unspecified atom stereocenters. The Morgan fingerprint density at radius 2 is 1.74 bits per heavy atom. The van der Waals surface area contributed by atoms with Crippen LogP contribution in [0.25, 0.3) is 22.5 Å². The van der Waals surface area contributed by atoms with Gasteiger partial charge in [-0.3, -0.25) is 0 Å². The first kappa shape index (κ1) is 19.6. The summed E-state index contributed by atoms with van der Waals surface area (Å²) in [5, 5.41) is 19.2. The summed E-state index contributed by atoms with van der Waals surface area (Å²) in [4.78, 5) is 4.85. The van der Waals surface area contributed by atoms with E-state index in [1.165, 1.54) is 37.7 Å². The maximum Gasteiger partial charge on any atom is 0.180 e. The van der Waals surface area contributed by atoms with E-state index in [0.717, 1.165) is 41.2 Å². The molecule has 1 N–H and O–H groups in total. The Morgan fingerprint density at radius 1 is 0.968 bits per heavy atom. The summed E-state index contributed by atoms with van der Waals surface area (Å²) in [6, 6.07) is 17.4. The molecule has 0 spiro atoms. The number of aryl methyl sites for hydroxylation is 1. The van der Waals surface area contributed by atoms with E-state index in [9.17, 15) is 0 Å². The van der Waals surface area contributed by atoms with E-state index in [0.29, 0.717) is 11.9 Å². The highest BCUT2D eigenvalue weighted by Gasteiger charge is 2.21. The van der Waals surface area contributed by atoms with Gasteiger partial charge in [0.15, 0.2) is 11.6 Å². The molecule has 7 nitrogen and oxygen atoms in total. The van der Waals surface area contributed by atoms with E-state index in [1.54, 1.807) is 0 Å². The third kappa shape index (κ3) is 4.13. The van der Waals surface area contributed by atoms with Crippen molar-refractivity contribution in [2.75, 3.05) is 0 Å². The fourth-order valence-corrected chi connectivity index (χ4v) is 4.49. The second-order valence-corrected chi connectivity index (χ2v) is 8.20. The first-order valence-electron chi connectivity index (χ1n) is 11.2. The number of aromatic nitrogens is 7. The summed E-state index contributed by atoms with van der Waals surface area (Å²) >= 11 is 0. The molecule has 7 heteroatoms. The number of rotatable bonds is 6. The molecule has 0 radical (unpaired) electrons. The maximum atomic E-state index is 4.85. The minimum absolute atomic E-state index is 0.498. The molecule has 0 amide bonds. The van der Waals surface area contributed by atoms with Gasteiger partial charge >= 0.3 is 0 Å². The zero-order valence-corrected chi connectivity index (χ0v) is 17.8. The van der Waals surface area contributed by atoms with Crippen LogP contribution in [-0.4, -0.2) is 35.4 Å². The fourth-order valence-electron chi connectivity index (χ4n) is 4.49. The Bertz CT molecular complexity index is 1120. The van der Waals surface area contributed by atoms with E-state index in [1.807, 2.05) is 18.2 Å². The lowest BCUT2D eigenvalue weighted by Crippen LogP contribution is -2.17. The van der Waals surface area contributed by atoms with E-state index in [4.69, 9.17) is 10.1 Å². The molecule has 0 bridgehead atoms. The lowest BCUT2D eigenvalue weighted by molar-refractivity contribution is 0.321. The highest BCUT2D eigenvalue weighted by atomic mass is 15.5. The van der Waals surface area contributed by atoms with Gasteiger partial charge in [0.05, 0.1) is 6.04 Å². The van der Waals surface area contributed by atoms with Crippen LogP contribution >= 0.6 is 0 Å². The summed E-state index contributed by atoms with van der Waals surface area (Å²) in [6.45, 7) is 2.13. The van der Waals surface area contributed by atoms with E-state index in [2.05, 4.69) is 62.6 Å². The van der Waals surface area contributed by atoms with Gasteiger partial charge in [-0.2, -0.15) is 5.10 Å². The predicted molar refractivity (Wildman–Crippen MR) is 119 cm³/mol. The van der Waals surface area contributed by atoms with Crippen molar-refractivity contribution in [1.29, 1.82) is 0 Å². The van der Waals surface area contributed by atoms with E-state index < -0.39 is 0 Å². The summed E-state index contributed by atoms with van der Waals surface area (Å²) in [5.74, 6) is 2.71. The van der Waals surface area contributed by atoms with Crippen LogP contribution in [0.5, 0.6) is 0 Å². The van der Waals surface area contributed by atoms with Crippen LogP contribution in [0.4, 0.5) is 0 Å². The molecule has 1 aliphatic rings. The highest BCUT2D eigenvalue weighted by Crippen LogP contribution is 2.31. The standard InChI is InChI=1S/C24H27N7/c1-2-22-25-23(31(28-22)19-8-4-3-5-9-19)16-17-12-14-18(15-13-17)20-10-6-7-11-21(20)24-26-29-30-27-24/h6-7,10-15,19H,2-5,8-9,16H2,1H3,(H,26,27,29,30). The van der Waals surface area contributed by atoms with Gasteiger partial charge in [-0.25, -0.2) is 14.8 Å². The first-order valence-corrected chi connectivity index (χ1v) is 11.2. The van der Waals surface area contributed by atoms with Gasteiger partial charge in [0.1, 0.15) is 5.82 Å². The molecule has 5 rings (SSSR count). The van der Waals surface area contributed by atoms with E-state index >= 15 is 0 Å². The molecule has 2 heterocycles. The van der Waals surface area contributed by atoms with Crippen molar-refractivity contribution in [2.24, 2.45) is 0 Å². The Hall–Kier alpha value is -3.35. The van der Waals surface area contributed by atoms with Crippen molar-refractivity contribution in [3.8, 4) is 22.5 Å². The van der Waals surface area contributed by atoms with Crippen LogP contribution in [-0.2, 0) is 12.8 Å². The molecule has 1 saturated carbocycles. The second-order valence-electron chi connectivity index (χ2n) is 8.20. The van der Waals surface area contributed by atoms with Gasteiger partial charge in [-0.1, -0.05) is 74.7 Å². The molecule has 1 aliphatic carbocycles. The topological polar surface area (TPSA) is 85.2 Å². The number of nitrogens with zero attached hydrogens (tertiary/aromatic N) is 6. The summed E-state index contributed by atoms with van der Waals surface area (Å²) in [7, 11) is 0. The number of H-pyrrole nitrogens is 1. The number of hydrogen-bond acceptors (Lipinski definition) is 5. The van der Waals surface area contributed by atoms with Crippen LogP contribution in [0.3, 0.4) is 0 Å². The zero-order valence-electron chi connectivity index (χ0n) is 17.8. The van der Waals surface area contributed by atoms with Gasteiger partial charge < -0.3 is 0 Å². The van der Waals surface area contributed by atoms with Crippen LogP contribution < -0.4 is 0 Å². The molecule has 0 saturated heterocycles. The van der Waals surface area contributed by atoms with Crippen LogP contribution in [0.2, 0.25) is 0 Å². The smallest absolute Gasteiger partial charge is 0.180 e. The molecule has 31 heavy (non-hydrogen) atoms.